The number of anilines is 2. The predicted molar refractivity (Wildman–Crippen MR) is 89.6 cm³/mol. The molecule has 2 aromatic rings. The first-order valence-electron chi connectivity index (χ1n) is 7.44. The van der Waals surface area contributed by atoms with E-state index in [0.29, 0.717) is 11.5 Å². The minimum absolute atomic E-state index is 0.187. The van der Waals surface area contributed by atoms with E-state index in [-0.39, 0.29) is 12.3 Å². The lowest BCUT2D eigenvalue weighted by atomic mass is 10.2. The van der Waals surface area contributed by atoms with Crippen molar-refractivity contribution in [3.63, 3.8) is 0 Å². The molecule has 8 heteroatoms. The number of hydrogen-bond acceptors (Lipinski definition) is 5. The smallest absolute Gasteiger partial charge is 0.413 e. The van der Waals surface area contributed by atoms with E-state index >= 15 is 0 Å². The number of imidazole rings is 1. The van der Waals surface area contributed by atoms with Crippen LogP contribution < -0.4 is 10.6 Å². The van der Waals surface area contributed by atoms with Crippen molar-refractivity contribution in [2.24, 2.45) is 7.05 Å². The molecule has 2 amide bonds. The van der Waals surface area contributed by atoms with Crippen molar-refractivity contribution in [2.45, 2.75) is 32.8 Å². The molecule has 128 valence electrons. The summed E-state index contributed by atoms with van der Waals surface area (Å²) < 4.78 is 6.94. The van der Waals surface area contributed by atoms with Crippen LogP contribution in [0.3, 0.4) is 0 Å². The summed E-state index contributed by atoms with van der Waals surface area (Å²) in [5, 5.41) is 5.29. The topological polar surface area (TPSA) is 98.1 Å². The maximum atomic E-state index is 12.1. The maximum Gasteiger partial charge on any atom is 0.413 e. The lowest BCUT2D eigenvalue weighted by molar-refractivity contribution is -0.115. The number of carbonyl (C=O) groups is 2. The monoisotopic (exact) mass is 331 g/mol. The van der Waals surface area contributed by atoms with E-state index in [1.165, 1.54) is 6.20 Å². The summed E-state index contributed by atoms with van der Waals surface area (Å²) in [5.41, 5.74) is 0.732. The zero-order valence-electron chi connectivity index (χ0n) is 14.2. The average molecular weight is 331 g/mol. The van der Waals surface area contributed by atoms with Gasteiger partial charge in [0, 0.05) is 36.9 Å². The van der Waals surface area contributed by atoms with E-state index < -0.39 is 11.7 Å². The normalized spacial score (nSPS) is 11.0. The van der Waals surface area contributed by atoms with Crippen molar-refractivity contribution < 1.29 is 14.3 Å². The van der Waals surface area contributed by atoms with E-state index in [4.69, 9.17) is 4.74 Å². The lowest BCUT2D eigenvalue weighted by Gasteiger charge is -2.19. The Balaban J connectivity index is 1.96. The minimum Gasteiger partial charge on any atom is -0.444 e. The van der Waals surface area contributed by atoms with E-state index in [2.05, 4.69) is 20.6 Å². The standard InChI is InChI=1S/C16H21N5O3/c1-16(2,3)24-15(23)20-13-7-11(5-6-18-13)19-14(22)8-12-9-17-10-21(12)4/h5-7,9-10H,8H2,1-4H3,(H2,18,19,20,22,23). The Morgan fingerprint density at radius 2 is 2.04 bits per heavy atom. The fourth-order valence-corrected chi connectivity index (χ4v) is 1.91. The highest BCUT2D eigenvalue weighted by Gasteiger charge is 2.16. The van der Waals surface area contributed by atoms with Crippen LogP contribution in [0.4, 0.5) is 16.3 Å². The quantitative estimate of drug-likeness (QED) is 0.896. The van der Waals surface area contributed by atoms with Gasteiger partial charge in [-0.25, -0.2) is 14.8 Å². The Morgan fingerprint density at radius 1 is 1.29 bits per heavy atom. The molecule has 2 N–H and O–H groups in total. The average Bonchev–Trinajstić information content (AvgIpc) is 2.82. The molecule has 0 spiro atoms. The Bertz CT molecular complexity index is 733. The molecule has 8 nitrogen and oxygen atoms in total. The molecular formula is C16H21N5O3. The van der Waals surface area contributed by atoms with E-state index in [9.17, 15) is 9.59 Å². The number of carbonyl (C=O) groups excluding carboxylic acids is 2. The maximum absolute atomic E-state index is 12.1. The SMILES string of the molecule is Cn1cncc1CC(=O)Nc1ccnc(NC(=O)OC(C)(C)C)c1. The van der Waals surface area contributed by atoms with Crippen LogP contribution in [-0.4, -0.2) is 32.1 Å². The van der Waals surface area contributed by atoms with Crippen LogP contribution in [0.1, 0.15) is 26.5 Å². The number of aryl methyl sites for hydroxylation is 1. The second kappa shape index (κ2) is 7.12. The zero-order valence-corrected chi connectivity index (χ0v) is 14.2. The summed E-state index contributed by atoms with van der Waals surface area (Å²) in [6, 6.07) is 3.20. The Kier molecular flexibility index (Phi) is 5.18. The third kappa shape index (κ3) is 5.38. The number of aromatic nitrogens is 3. The minimum atomic E-state index is -0.603. The van der Waals surface area contributed by atoms with Crippen LogP contribution in [0, 0.1) is 0 Å². The van der Waals surface area contributed by atoms with Crippen LogP contribution in [0.25, 0.3) is 0 Å². The molecule has 0 radical (unpaired) electrons. The van der Waals surface area contributed by atoms with Crippen LogP contribution in [0.2, 0.25) is 0 Å². The summed E-state index contributed by atoms with van der Waals surface area (Å²) in [6.45, 7) is 5.32. The fraction of sp³-hybridized carbons (Fsp3) is 0.375. The number of nitrogens with zero attached hydrogens (tertiary/aromatic N) is 3. The Hall–Kier alpha value is -2.90. The summed E-state index contributed by atoms with van der Waals surface area (Å²) >= 11 is 0. The zero-order chi connectivity index (χ0) is 17.7. The number of amides is 2. The van der Waals surface area contributed by atoms with Gasteiger partial charge in [0.05, 0.1) is 12.7 Å². The van der Waals surface area contributed by atoms with Gasteiger partial charge >= 0.3 is 6.09 Å². The molecule has 0 aromatic carbocycles. The van der Waals surface area contributed by atoms with Crippen molar-refractivity contribution in [1.82, 2.24) is 14.5 Å². The third-order valence-electron chi connectivity index (χ3n) is 2.93. The first-order valence-corrected chi connectivity index (χ1v) is 7.44. The van der Waals surface area contributed by atoms with Crippen LogP contribution >= 0.6 is 0 Å². The van der Waals surface area contributed by atoms with E-state index in [1.807, 2.05) is 7.05 Å². The van der Waals surface area contributed by atoms with Gasteiger partial charge in [0.2, 0.25) is 5.91 Å². The number of hydrogen-bond donors (Lipinski definition) is 2. The molecule has 0 fully saturated rings. The van der Waals surface area contributed by atoms with Crippen molar-refractivity contribution >= 4 is 23.5 Å². The molecular weight excluding hydrogens is 310 g/mol. The molecule has 2 aromatic heterocycles. The van der Waals surface area contributed by atoms with Crippen molar-refractivity contribution in [1.29, 1.82) is 0 Å². The van der Waals surface area contributed by atoms with Crippen LogP contribution in [0.15, 0.2) is 30.9 Å². The first kappa shape index (κ1) is 17.5. The highest BCUT2D eigenvalue weighted by atomic mass is 16.6. The molecule has 0 saturated carbocycles. The molecule has 24 heavy (non-hydrogen) atoms. The highest BCUT2D eigenvalue weighted by Crippen LogP contribution is 2.14. The van der Waals surface area contributed by atoms with Gasteiger partial charge in [-0.1, -0.05) is 0 Å². The summed E-state index contributed by atoms with van der Waals surface area (Å²) in [6.07, 6.45) is 4.37. The van der Waals surface area contributed by atoms with Crippen LogP contribution in [0.5, 0.6) is 0 Å². The highest BCUT2D eigenvalue weighted by molar-refractivity contribution is 5.93. The van der Waals surface area contributed by atoms with E-state index in [0.717, 1.165) is 5.69 Å². The molecule has 0 saturated heterocycles. The second-order valence-electron chi connectivity index (χ2n) is 6.28. The van der Waals surface area contributed by atoms with E-state index in [1.54, 1.807) is 50.0 Å². The van der Waals surface area contributed by atoms with Gasteiger partial charge in [0.25, 0.3) is 0 Å². The molecule has 0 aliphatic rings. The molecule has 0 aliphatic carbocycles. The number of pyridine rings is 1. The van der Waals surface area contributed by atoms with Crippen molar-refractivity contribution in [2.75, 3.05) is 10.6 Å². The Labute approximate surface area is 140 Å². The lowest BCUT2D eigenvalue weighted by Crippen LogP contribution is -2.27. The van der Waals surface area contributed by atoms with Crippen molar-refractivity contribution in [3.05, 3.63) is 36.5 Å². The summed E-state index contributed by atoms with van der Waals surface area (Å²) in [7, 11) is 1.82. The molecule has 2 heterocycles. The number of ether oxygens (including phenoxy) is 1. The largest absolute Gasteiger partial charge is 0.444 e. The van der Waals surface area contributed by atoms with Gasteiger partial charge in [-0.15, -0.1) is 0 Å². The summed E-state index contributed by atoms with van der Waals surface area (Å²) in [4.78, 5) is 31.8. The van der Waals surface area contributed by atoms with Gasteiger partial charge in [0.1, 0.15) is 11.4 Å². The molecule has 0 aliphatic heterocycles. The van der Waals surface area contributed by atoms with Crippen molar-refractivity contribution in [3.8, 4) is 0 Å². The second-order valence-corrected chi connectivity index (χ2v) is 6.28. The van der Waals surface area contributed by atoms with Gasteiger partial charge in [-0.05, 0) is 26.8 Å². The molecule has 2 rings (SSSR count). The molecule has 0 unspecified atom stereocenters. The van der Waals surface area contributed by atoms with Gasteiger partial charge in [-0.3, -0.25) is 10.1 Å². The molecule has 0 bridgehead atoms. The number of rotatable bonds is 4. The van der Waals surface area contributed by atoms with Gasteiger partial charge in [0.15, 0.2) is 0 Å². The van der Waals surface area contributed by atoms with Crippen LogP contribution in [-0.2, 0) is 23.0 Å². The number of nitrogens with one attached hydrogen (secondary N) is 2. The first-order chi connectivity index (χ1) is 11.2. The third-order valence-corrected chi connectivity index (χ3v) is 2.93. The predicted octanol–water partition coefficient (Wildman–Crippen LogP) is 2.34. The fourth-order valence-electron chi connectivity index (χ4n) is 1.91. The van der Waals surface area contributed by atoms with Gasteiger partial charge < -0.3 is 14.6 Å². The van der Waals surface area contributed by atoms with Gasteiger partial charge in [-0.2, -0.15) is 0 Å². The summed E-state index contributed by atoms with van der Waals surface area (Å²) in [5.74, 6) is 0.107. The Morgan fingerprint density at radius 3 is 2.67 bits per heavy atom. The molecule has 0 atom stereocenters.